The van der Waals surface area contributed by atoms with E-state index in [1.54, 1.807) is 24.3 Å². The minimum Gasteiger partial charge on any atom is -0.478 e. The fourth-order valence-corrected chi connectivity index (χ4v) is 5.93. The molecule has 0 radical (unpaired) electrons. The zero-order chi connectivity index (χ0) is 26.5. The van der Waals surface area contributed by atoms with E-state index < -0.39 is 5.97 Å². The Balaban J connectivity index is 1.81. The van der Waals surface area contributed by atoms with Crippen LogP contribution in [0.4, 0.5) is 0 Å². The maximum atomic E-state index is 14.2. The molecule has 0 amide bonds. The molecule has 0 atom stereocenters. The number of pyridine rings is 1. The number of carbonyl (C=O) groups is 2. The highest BCUT2D eigenvalue weighted by atomic mass is 35.5. The Labute approximate surface area is 223 Å². The van der Waals surface area contributed by atoms with Crippen LogP contribution < -0.4 is 5.56 Å². The zero-order valence-electron chi connectivity index (χ0n) is 20.7. The van der Waals surface area contributed by atoms with E-state index in [1.807, 2.05) is 44.4 Å². The van der Waals surface area contributed by atoms with E-state index in [4.69, 9.17) is 16.6 Å². The van der Waals surface area contributed by atoms with Gasteiger partial charge in [-0.15, -0.1) is 11.3 Å². The molecule has 0 saturated carbocycles. The van der Waals surface area contributed by atoms with Crippen molar-refractivity contribution in [3.05, 3.63) is 91.7 Å². The van der Waals surface area contributed by atoms with E-state index in [9.17, 15) is 19.5 Å². The van der Waals surface area contributed by atoms with E-state index in [-0.39, 0.29) is 27.9 Å². The van der Waals surface area contributed by atoms with Crippen LogP contribution in [0.15, 0.2) is 58.7 Å². The molecule has 2 aromatic heterocycles. The van der Waals surface area contributed by atoms with Crippen molar-refractivity contribution in [3.8, 4) is 27.5 Å². The van der Waals surface area contributed by atoms with Gasteiger partial charge in [0, 0.05) is 33.6 Å². The number of aryl methyl sites for hydroxylation is 1. The smallest absolute Gasteiger partial charge is 0.337 e. The van der Waals surface area contributed by atoms with Crippen LogP contribution in [0.5, 0.6) is 0 Å². The molecule has 0 unspecified atom stereocenters. The Kier molecular flexibility index (Phi) is 6.38. The van der Waals surface area contributed by atoms with Crippen LogP contribution in [-0.4, -0.2) is 26.4 Å². The third-order valence-electron chi connectivity index (χ3n) is 6.72. The molecule has 1 aliphatic carbocycles. The fourth-order valence-electron chi connectivity index (χ4n) is 4.97. The lowest BCUT2D eigenvalue weighted by atomic mass is 9.75. The number of carbonyl (C=O) groups excluding carboxylic acids is 1. The number of hydrogen-bond acceptors (Lipinski definition) is 5. The lowest BCUT2D eigenvalue weighted by Gasteiger charge is -2.33. The first-order valence-electron chi connectivity index (χ1n) is 12.0. The summed E-state index contributed by atoms with van der Waals surface area (Å²) < 4.78 is 1.47. The van der Waals surface area contributed by atoms with E-state index in [0.29, 0.717) is 51.9 Å². The van der Waals surface area contributed by atoms with Gasteiger partial charge in [-0.2, -0.15) is 0 Å². The van der Waals surface area contributed by atoms with Crippen LogP contribution in [0.3, 0.4) is 0 Å². The van der Waals surface area contributed by atoms with E-state index >= 15 is 0 Å². The predicted octanol–water partition coefficient (Wildman–Crippen LogP) is 6.70. The largest absolute Gasteiger partial charge is 0.478 e. The zero-order valence-corrected chi connectivity index (χ0v) is 22.2. The molecule has 0 saturated heterocycles. The number of para-hydroxylation sites is 1. The highest BCUT2D eigenvalue weighted by molar-refractivity contribution is 7.13. The van der Waals surface area contributed by atoms with Gasteiger partial charge in [-0.1, -0.05) is 56.6 Å². The number of hydrogen-bond donors (Lipinski definition) is 1. The molecule has 37 heavy (non-hydrogen) atoms. The van der Waals surface area contributed by atoms with Gasteiger partial charge in [-0.25, -0.2) is 9.78 Å². The lowest BCUT2D eigenvalue weighted by Crippen LogP contribution is -2.35. The second-order valence-corrected chi connectivity index (χ2v) is 11.3. The molecule has 4 aromatic rings. The average molecular weight is 533 g/mol. The lowest BCUT2D eigenvalue weighted by molar-refractivity contribution is 0.0696. The number of nitrogens with zero attached hydrogens (tertiary/aromatic N) is 2. The number of ketones is 1. The molecule has 188 valence electrons. The molecule has 2 aromatic carbocycles. The summed E-state index contributed by atoms with van der Waals surface area (Å²) in [7, 11) is 0. The summed E-state index contributed by atoms with van der Waals surface area (Å²) in [6.07, 6.45) is 1.33. The third kappa shape index (κ3) is 4.54. The number of aromatic carboxylic acids is 1. The second-order valence-electron chi connectivity index (χ2n) is 10.0. The summed E-state index contributed by atoms with van der Waals surface area (Å²) in [5.41, 5.74) is 3.13. The van der Waals surface area contributed by atoms with Crippen LogP contribution in [0.25, 0.3) is 27.5 Å². The molecule has 1 aliphatic rings. The number of carboxylic acid groups (broad SMARTS) is 1. The summed E-state index contributed by atoms with van der Waals surface area (Å²) in [5, 5.41) is 13.0. The summed E-state index contributed by atoms with van der Waals surface area (Å²) in [6, 6.07) is 13.9. The molecule has 0 bridgehead atoms. The van der Waals surface area contributed by atoms with Crippen molar-refractivity contribution in [3.63, 3.8) is 0 Å². The SMILES string of the molecule is CCc1cccc(C(=O)O)c1-n1c2c(cc(-c3nc(-c4ccc(Cl)cc4)cs3)c1=O)C(=O)CC(C)(C)C2. The first-order chi connectivity index (χ1) is 17.6. The number of Topliss-reactive ketones (excluding diaryl/α,β-unsaturated/α-hetero) is 1. The number of fused-ring (bicyclic) bond motifs is 1. The molecular formula is C29H25ClN2O4S. The average Bonchev–Trinajstić information content (AvgIpc) is 3.33. The quantitative estimate of drug-likeness (QED) is 0.309. The van der Waals surface area contributed by atoms with Crippen LogP contribution >= 0.6 is 22.9 Å². The van der Waals surface area contributed by atoms with Gasteiger partial charge in [-0.05, 0) is 48.1 Å². The van der Waals surface area contributed by atoms with Gasteiger partial charge < -0.3 is 5.11 Å². The number of aromatic nitrogens is 2. The Bertz CT molecular complexity index is 1620. The molecule has 8 heteroatoms. The van der Waals surface area contributed by atoms with Gasteiger partial charge in [0.15, 0.2) is 5.78 Å². The molecular weight excluding hydrogens is 508 g/mol. The Morgan fingerprint density at radius 3 is 2.51 bits per heavy atom. The van der Waals surface area contributed by atoms with Crippen LogP contribution in [0, 0.1) is 5.41 Å². The van der Waals surface area contributed by atoms with Crippen molar-refractivity contribution < 1.29 is 14.7 Å². The van der Waals surface area contributed by atoms with Crippen molar-refractivity contribution in [1.82, 2.24) is 9.55 Å². The summed E-state index contributed by atoms with van der Waals surface area (Å²) >= 11 is 7.33. The molecule has 0 spiro atoms. The maximum absolute atomic E-state index is 14.2. The highest BCUT2D eigenvalue weighted by Gasteiger charge is 2.35. The molecule has 2 heterocycles. The number of thiazole rings is 1. The first kappa shape index (κ1) is 25.1. The van der Waals surface area contributed by atoms with Crippen molar-refractivity contribution >= 4 is 34.7 Å². The van der Waals surface area contributed by atoms with Crippen LogP contribution in [0.1, 0.15) is 59.2 Å². The summed E-state index contributed by atoms with van der Waals surface area (Å²) in [5.74, 6) is -1.20. The van der Waals surface area contributed by atoms with Gasteiger partial charge in [0.25, 0.3) is 5.56 Å². The second kappa shape index (κ2) is 9.39. The van der Waals surface area contributed by atoms with E-state index in [0.717, 1.165) is 11.1 Å². The summed E-state index contributed by atoms with van der Waals surface area (Å²) in [4.78, 5) is 44.5. The number of carboxylic acids is 1. The van der Waals surface area contributed by atoms with Crippen LogP contribution in [0.2, 0.25) is 5.02 Å². The number of benzene rings is 2. The maximum Gasteiger partial charge on any atom is 0.337 e. The van der Waals surface area contributed by atoms with Crippen molar-refractivity contribution in [1.29, 1.82) is 0 Å². The molecule has 0 fully saturated rings. The van der Waals surface area contributed by atoms with Crippen LogP contribution in [-0.2, 0) is 12.8 Å². The fraction of sp³-hybridized carbons (Fsp3) is 0.241. The van der Waals surface area contributed by atoms with Crippen molar-refractivity contribution in [2.75, 3.05) is 0 Å². The minimum absolute atomic E-state index is 0.0256. The topological polar surface area (TPSA) is 89.3 Å². The normalized spacial score (nSPS) is 14.4. The van der Waals surface area contributed by atoms with Gasteiger partial charge in [0.1, 0.15) is 5.01 Å². The molecule has 0 aliphatic heterocycles. The Morgan fingerprint density at radius 1 is 1.11 bits per heavy atom. The third-order valence-corrected chi connectivity index (χ3v) is 7.85. The van der Waals surface area contributed by atoms with Crippen molar-refractivity contribution in [2.24, 2.45) is 5.41 Å². The predicted molar refractivity (Wildman–Crippen MR) is 146 cm³/mol. The van der Waals surface area contributed by atoms with E-state index in [1.165, 1.54) is 22.0 Å². The van der Waals surface area contributed by atoms with Gasteiger partial charge in [0.2, 0.25) is 0 Å². The van der Waals surface area contributed by atoms with Gasteiger partial charge in [-0.3, -0.25) is 14.2 Å². The van der Waals surface area contributed by atoms with Gasteiger partial charge in [0.05, 0.1) is 22.5 Å². The Hall–Kier alpha value is -3.55. The monoisotopic (exact) mass is 532 g/mol. The highest BCUT2D eigenvalue weighted by Crippen LogP contribution is 2.38. The number of rotatable bonds is 5. The number of halogens is 1. The standard InChI is InChI=1S/C29H25ClN2O4S/c1-4-16-6-5-7-19(28(35)36)25(16)32-23-13-29(2,3)14-24(33)20(23)12-21(27(32)34)26-31-22(15-37-26)17-8-10-18(30)11-9-17/h5-12,15H,4,13-14H2,1-3H3,(H,35,36). The molecule has 1 N–H and O–H groups in total. The van der Waals surface area contributed by atoms with E-state index in [2.05, 4.69) is 0 Å². The summed E-state index contributed by atoms with van der Waals surface area (Å²) in [6.45, 7) is 5.89. The van der Waals surface area contributed by atoms with Crippen molar-refractivity contribution in [2.45, 2.75) is 40.0 Å². The van der Waals surface area contributed by atoms with Gasteiger partial charge >= 0.3 is 5.97 Å². The minimum atomic E-state index is -1.13. The molecule has 6 nitrogen and oxygen atoms in total. The Morgan fingerprint density at radius 2 is 1.84 bits per heavy atom. The first-order valence-corrected chi connectivity index (χ1v) is 13.2. The molecule has 5 rings (SSSR count).